The molecule has 0 rings (SSSR count). The molecule has 0 aliphatic heterocycles. The van der Waals surface area contributed by atoms with Crippen molar-refractivity contribution in [1.82, 2.24) is 5.32 Å². The van der Waals surface area contributed by atoms with Gasteiger partial charge in [0.2, 0.25) is 0 Å². The highest BCUT2D eigenvalue weighted by Crippen LogP contribution is 1.98. The molecule has 0 bridgehead atoms. The Hall–Kier alpha value is -0.810. The van der Waals surface area contributed by atoms with Crippen molar-refractivity contribution in [3.05, 3.63) is 0 Å². The Balaban J connectivity index is 3.63. The van der Waals surface area contributed by atoms with E-state index in [1.54, 1.807) is 0 Å². The van der Waals surface area contributed by atoms with Crippen LogP contribution in [0.3, 0.4) is 0 Å². The third kappa shape index (κ3) is 4.58. The predicted molar refractivity (Wildman–Crippen MR) is 39.6 cm³/mol. The molecule has 5 N–H and O–H groups in total. The second-order valence-corrected chi connectivity index (χ2v) is 2.31. The van der Waals surface area contributed by atoms with Crippen LogP contribution in [0, 0.1) is 0 Å². The molecule has 66 valence electrons. The SMILES string of the molecule is CCC[C@H](O)C(O)NC(N)=O. The lowest BCUT2D eigenvalue weighted by atomic mass is 10.2. The molecule has 0 heterocycles. The van der Waals surface area contributed by atoms with E-state index in [2.05, 4.69) is 0 Å². The fourth-order valence-corrected chi connectivity index (χ4v) is 0.696. The number of rotatable bonds is 4. The highest BCUT2D eigenvalue weighted by molar-refractivity contribution is 5.71. The van der Waals surface area contributed by atoms with E-state index in [0.717, 1.165) is 6.42 Å². The average molecular weight is 162 g/mol. The molecule has 0 aliphatic carbocycles. The normalized spacial score (nSPS) is 15.5. The number of hydrogen-bond acceptors (Lipinski definition) is 3. The second-order valence-electron chi connectivity index (χ2n) is 2.31. The summed E-state index contributed by atoms with van der Waals surface area (Å²) >= 11 is 0. The van der Waals surface area contributed by atoms with E-state index in [1.165, 1.54) is 0 Å². The van der Waals surface area contributed by atoms with Crippen molar-refractivity contribution in [3.8, 4) is 0 Å². The first-order chi connectivity index (χ1) is 5.07. The van der Waals surface area contributed by atoms with Crippen molar-refractivity contribution in [2.24, 2.45) is 5.73 Å². The van der Waals surface area contributed by atoms with Gasteiger partial charge in [-0.3, -0.25) is 0 Å². The number of carbonyl (C=O) groups is 1. The summed E-state index contributed by atoms with van der Waals surface area (Å²) in [7, 11) is 0. The molecule has 11 heavy (non-hydrogen) atoms. The van der Waals surface area contributed by atoms with Gasteiger partial charge in [0.1, 0.15) is 0 Å². The number of aliphatic hydroxyl groups is 2. The number of nitrogens with one attached hydrogen (secondary N) is 1. The topological polar surface area (TPSA) is 95.6 Å². The number of amides is 2. The molecular weight excluding hydrogens is 148 g/mol. The molecule has 2 atom stereocenters. The minimum atomic E-state index is -1.26. The summed E-state index contributed by atoms with van der Waals surface area (Å²) in [5, 5.41) is 20.0. The number of urea groups is 1. The molecule has 0 aromatic heterocycles. The first kappa shape index (κ1) is 10.2. The minimum Gasteiger partial charge on any atom is -0.388 e. The molecule has 0 aliphatic rings. The van der Waals surface area contributed by atoms with E-state index in [9.17, 15) is 4.79 Å². The molecule has 5 heteroatoms. The third-order valence-corrected chi connectivity index (χ3v) is 1.24. The predicted octanol–water partition coefficient (Wildman–Crippen LogP) is -0.866. The van der Waals surface area contributed by atoms with Crippen LogP contribution in [0.25, 0.3) is 0 Å². The van der Waals surface area contributed by atoms with Gasteiger partial charge < -0.3 is 21.3 Å². The van der Waals surface area contributed by atoms with E-state index < -0.39 is 18.4 Å². The van der Waals surface area contributed by atoms with Gasteiger partial charge in [0.15, 0.2) is 6.23 Å². The van der Waals surface area contributed by atoms with E-state index in [1.807, 2.05) is 12.2 Å². The highest BCUT2D eigenvalue weighted by atomic mass is 16.3. The quantitative estimate of drug-likeness (QED) is 0.405. The van der Waals surface area contributed by atoms with Crippen LogP contribution in [-0.2, 0) is 0 Å². The van der Waals surface area contributed by atoms with Crippen LogP contribution in [0.5, 0.6) is 0 Å². The molecule has 1 unspecified atom stereocenters. The van der Waals surface area contributed by atoms with Crippen molar-refractivity contribution in [3.63, 3.8) is 0 Å². The first-order valence-electron chi connectivity index (χ1n) is 3.50. The van der Waals surface area contributed by atoms with Crippen molar-refractivity contribution in [1.29, 1.82) is 0 Å². The average Bonchev–Trinajstić information content (AvgIpc) is 1.86. The van der Waals surface area contributed by atoms with Crippen molar-refractivity contribution >= 4 is 6.03 Å². The Morgan fingerprint density at radius 2 is 2.18 bits per heavy atom. The third-order valence-electron chi connectivity index (χ3n) is 1.24. The summed E-state index contributed by atoms with van der Waals surface area (Å²) in [6, 6.07) is -0.840. The summed E-state index contributed by atoms with van der Waals surface area (Å²) in [6.45, 7) is 1.86. The van der Waals surface area contributed by atoms with Crippen molar-refractivity contribution in [2.75, 3.05) is 0 Å². The minimum absolute atomic E-state index is 0.432. The molecule has 0 fully saturated rings. The van der Waals surface area contributed by atoms with Gasteiger partial charge in [-0.1, -0.05) is 13.3 Å². The zero-order chi connectivity index (χ0) is 8.85. The molecular formula is C6H14N2O3. The van der Waals surface area contributed by atoms with E-state index in [4.69, 9.17) is 15.9 Å². The molecule has 0 radical (unpaired) electrons. The first-order valence-corrected chi connectivity index (χ1v) is 3.50. The lowest BCUT2D eigenvalue weighted by molar-refractivity contribution is 0.00163. The zero-order valence-electron chi connectivity index (χ0n) is 6.45. The Morgan fingerprint density at radius 3 is 2.55 bits per heavy atom. The molecule has 2 amide bonds. The fourth-order valence-electron chi connectivity index (χ4n) is 0.696. The Morgan fingerprint density at radius 1 is 1.64 bits per heavy atom. The summed E-state index contributed by atoms with van der Waals surface area (Å²) in [6.07, 6.45) is -1.03. The Labute approximate surface area is 65.2 Å². The van der Waals surface area contributed by atoms with E-state index in [-0.39, 0.29) is 0 Å². The summed E-state index contributed by atoms with van der Waals surface area (Å²) < 4.78 is 0. The number of nitrogens with two attached hydrogens (primary N) is 1. The molecule has 0 saturated carbocycles. The molecule has 5 nitrogen and oxygen atoms in total. The zero-order valence-corrected chi connectivity index (χ0v) is 6.45. The van der Waals surface area contributed by atoms with Crippen LogP contribution in [0.2, 0.25) is 0 Å². The fraction of sp³-hybridized carbons (Fsp3) is 0.833. The van der Waals surface area contributed by atoms with Crippen LogP contribution in [0.1, 0.15) is 19.8 Å². The van der Waals surface area contributed by atoms with Crippen LogP contribution < -0.4 is 11.1 Å². The largest absolute Gasteiger partial charge is 0.388 e. The summed E-state index contributed by atoms with van der Waals surface area (Å²) in [4.78, 5) is 10.2. The van der Waals surface area contributed by atoms with Gasteiger partial charge >= 0.3 is 6.03 Å². The number of primary amides is 1. The maximum Gasteiger partial charge on any atom is 0.314 e. The van der Waals surface area contributed by atoms with Gasteiger partial charge in [0.25, 0.3) is 0 Å². The van der Waals surface area contributed by atoms with E-state index >= 15 is 0 Å². The van der Waals surface area contributed by atoms with Gasteiger partial charge in [-0.25, -0.2) is 4.79 Å². The van der Waals surface area contributed by atoms with E-state index in [0.29, 0.717) is 6.42 Å². The molecule has 0 spiro atoms. The lowest BCUT2D eigenvalue weighted by Gasteiger charge is -2.16. The number of aliphatic hydroxyl groups excluding tert-OH is 2. The number of hydrogen-bond donors (Lipinski definition) is 4. The second kappa shape index (κ2) is 4.92. The van der Waals surface area contributed by atoms with Gasteiger partial charge in [-0.15, -0.1) is 0 Å². The maximum atomic E-state index is 10.2. The lowest BCUT2D eigenvalue weighted by Crippen LogP contribution is -2.45. The highest BCUT2D eigenvalue weighted by Gasteiger charge is 2.15. The van der Waals surface area contributed by atoms with Gasteiger partial charge in [0, 0.05) is 0 Å². The summed E-state index contributed by atoms with van der Waals surface area (Å²) in [5.41, 5.74) is 4.71. The Bertz CT molecular complexity index is 129. The molecule has 0 aromatic rings. The molecule has 0 saturated heterocycles. The Kier molecular flexibility index (Phi) is 4.56. The van der Waals surface area contributed by atoms with Crippen LogP contribution in [0.4, 0.5) is 4.79 Å². The van der Waals surface area contributed by atoms with Crippen LogP contribution in [-0.4, -0.2) is 28.6 Å². The summed E-state index contributed by atoms with van der Waals surface area (Å²) in [5.74, 6) is 0. The monoisotopic (exact) mass is 162 g/mol. The van der Waals surface area contributed by atoms with Crippen LogP contribution >= 0.6 is 0 Å². The smallest absolute Gasteiger partial charge is 0.314 e. The van der Waals surface area contributed by atoms with Crippen molar-refractivity contribution < 1.29 is 15.0 Å². The van der Waals surface area contributed by atoms with Gasteiger partial charge in [-0.2, -0.15) is 0 Å². The van der Waals surface area contributed by atoms with Crippen molar-refractivity contribution in [2.45, 2.75) is 32.1 Å². The van der Waals surface area contributed by atoms with Gasteiger partial charge in [-0.05, 0) is 6.42 Å². The van der Waals surface area contributed by atoms with Crippen LogP contribution in [0.15, 0.2) is 0 Å². The standard InChI is InChI=1S/C6H14N2O3/c1-2-3-4(9)5(10)8-6(7)11/h4-5,9-10H,2-3H2,1H3,(H3,7,8,11)/t4-,5?/m0/s1. The maximum absolute atomic E-state index is 10.2. The van der Waals surface area contributed by atoms with Gasteiger partial charge in [0.05, 0.1) is 6.10 Å². The number of carbonyl (C=O) groups excluding carboxylic acids is 1. The molecule has 0 aromatic carbocycles.